The van der Waals surface area contributed by atoms with Crippen LogP contribution in [0.4, 0.5) is 14.9 Å². The number of anilines is 1. The zero-order valence-corrected chi connectivity index (χ0v) is 20.1. The summed E-state index contributed by atoms with van der Waals surface area (Å²) in [5, 5.41) is 13.9. The first-order chi connectivity index (χ1) is 18.2. The molecule has 1 aliphatic rings. The van der Waals surface area contributed by atoms with Crippen molar-refractivity contribution in [1.29, 1.82) is 0 Å². The molecule has 1 fully saturated rings. The third-order valence-corrected chi connectivity index (χ3v) is 5.48. The van der Waals surface area contributed by atoms with Gasteiger partial charge in [-0.2, -0.15) is 0 Å². The molecule has 0 unspecified atom stereocenters. The minimum Gasteiger partial charge on any atom is -0.493 e. The summed E-state index contributed by atoms with van der Waals surface area (Å²) in [5.41, 5.74) is 1.17. The lowest BCUT2D eigenvalue weighted by molar-refractivity contribution is -0.127. The molecule has 0 atom stereocenters. The van der Waals surface area contributed by atoms with E-state index in [2.05, 4.69) is 10.6 Å². The Morgan fingerprint density at radius 1 is 1.05 bits per heavy atom. The monoisotopic (exact) mass is 519 g/mol. The highest BCUT2D eigenvalue weighted by Gasteiger charge is 2.35. The number of halogens is 1. The number of urea groups is 1. The lowest BCUT2D eigenvalue weighted by Crippen LogP contribution is -2.38. The smallest absolute Gasteiger partial charge is 0.335 e. The fraction of sp³-hybridized carbons (Fsp3) is 0.111. The second-order valence-electron chi connectivity index (χ2n) is 8.11. The molecule has 3 N–H and O–H groups in total. The molecule has 0 spiro atoms. The van der Waals surface area contributed by atoms with E-state index in [1.807, 2.05) is 0 Å². The molecule has 1 saturated heterocycles. The first kappa shape index (κ1) is 25.9. The van der Waals surface area contributed by atoms with Crippen molar-refractivity contribution in [3.63, 3.8) is 0 Å². The molecule has 3 aromatic rings. The number of benzene rings is 3. The Hall–Kier alpha value is -5.19. The van der Waals surface area contributed by atoms with Gasteiger partial charge in [0.15, 0.2) is 11.5 Å². The number of carboxylic acids is 1. The predicted octanol–water partition coefficient (Wildman–Crippen LogP) is 3.64. The largest absolute Gasteiger partial charge is 0.493 e. The number of hydrogen-bond donors (Lipinski definition) is 3. The molecule has 10 nitrogen and oxygen atoms in total. The van der Waals surface area contributed by atoms with Crippen LogP contribution in [-0.2, 0) is 16.2 Å². The van der Waals surface area contributed by atoms with E-state index in [1.54, 1.807) is 30.3 Å². The van der Waals surface area contributed by atoms with Crippen molar-refractivity contribution in [3.8, 4) is 11.5 Å². The third-order valence-electron chi connectivity index (χ3n) is 5.48. The van der Waals surface area contributed by atoms with Crippen LogP contribution >= 0.6 is 0 Å². The number of nitrogens with zero attached hydrogens (tertiary/aromatic N) is 1. The molecule has 0 saturated carbocycles. The molecule has 4 amide bonds. The highest BCUT2D eigenvalue weighted by molar-refractivity contribution is 6.16. The van der Waals surface area contributed by atoms with Gasteiger partial charge in [-0.1, -0.05) is 30.3 Å². The van der Waals surface area contributed by atoms with Gasteiger partial charge in [0, 0.05) is 0 Å². The summed E-state index contributed by atoms with van der Waals surface area (Å²) in [6.45, 7) is -0.508. The number of nitrogens with one attached hydrogen (secondary N) is 2. The molecule has 3 aromatic carbocycles. The van der Waals surface area contributed by atoms with Gasteiger partial charge in [-0.05, 0) is 53.6 Å². The fourth-order valence-corrected chi connectivity index (χ4v) is 3.63. The van der Waals surface area contributed by atoms with E-state index in [1.165, 1.54) is 49.6 Å². The van der Waals surface area contributed by atoms with Crippen LogP contribution in [0.1, 0.15) is 21.5 Å². The second-order valence-corrected chi connectivity index (χ2v) is 8.11. The normalized spacial score (nSPS) is 13.8. The number of hydrogen-bond acceptors (Lipinski definition) is 6. The van der Waals surface area contributed by atoms with Gasteiger partial charge in [-0.15, -0.1) is 0 Å². The Bertz CT molecular complexity index is 1450. The minimum atomic E-state index is -1.04. The molecular weight excluding hydrogens is 497 g/mol. The molecule has 0 radical (unpaired) electrons. The Morgan fingerprint density at radius 2 is 1.84 bits per heavy atom. The summed E-state index contributed by atoms with van der Waals surface area (Å²) in [7, 11) is 1.43. The van der Waals surface area contributed by atoms with Crippen LogP contribution in [0.15, 0.2) is 72.4 Å². The second kappa shape index (κ2) is 11.2. The maximum absolute atomic E-state index is 13.8. The quantitative estimate of drug-likeness (QED) is 0.290. The molecule has 4 rings (SSSR count). The fourth-order valence-electron chi connectivity index (χ4n) is 3.63. The number of amides is 4. The number of para-hydroxylation sites is 1. The molecule has 11 heteroatoms. The maximum Gasteiger partial charge on any atom is 0.335 e. The van der Waals surface area contributed by atoms with Crippen LogP contribution in [0, 0.1) is 5.82 Å². The van der Waals surface area contributed by atoms with Gasteiger partial charge in [0.2, 0.25) is 5.91 Å². The standard InChI is InChI=1S/C27H22FN3O7/c1-37-23-13-16(9-10-22(23)38-15-17-5-4-6-18(11-17)26(34)35)12-21-25(33)31(27(36)30-21)14-24(32)29-20-8-3-2-7-19(20)28/h2-13H,14-15H2,1H3,(H,29,32)(H,30,36)(H,34,35). The Balaban J connectivity index is 1.43. The van der Waals surface area contributed by atoms with Crippen molar-refractivity contribution in [2.45, 2.75) is 6.61 Å². The zero-order valence-electron chi connectivity index (χ0n) is 20.1. The lowest BCUT2D eigenvalue weighted by Gasteiger charge is -2.12. The van der Waals surface area contributed by atoms with Gasteiger partial charge >= 0.3 is 12.0 Å². The maximum atomic E-state index is 13.8. The summed E-state index contributed by atoms with van der Waals surface area (Å²) >= 11 is 0. The van der Waals surface area contributed by atoms with Crippen molar-refractivity contribution in [3.05, 3.63) is 94.9 Å². The predicted molar refractivity (Wildman–Crippen MR) is 134 cm³/mol. The number of rotatable bonds is 9. The first-order valence-corrected chi connectivity index (χ1v) is 11.3. The Morgan fingerprint density at radius 3 is 2.58 bits per heavy atom. The number of imide groups is 1. The van der Waals surface area contributed by atoms with Gasteiger partial charge in [-0.25, -0.2) is 18.9 Å². The van der Waals surface area contributed by atoms with Crippen molar-refractivity contribution in [2.24, 2.45) is 0 Å². The van der Waals surface area contributed by atoms with E-state index >= 15 is 0 Å². The molecule has 0 aromatic heterocycles. The molecule has 194 valence electrons. The van der Waals surface area contributed by atoms with Gasteiger partial charge in [0.05, 0.1) is 18.4 Å². The molecule has 0 bridgehead atoms. The number of carbonyl (C=O) groups is 4. The number of aromatic carboxylic acids is 1. The summed E-state index contributed by atoms with van der Waals surface area (Å²) in [4.78, 5) is 49.2. The Labute approximate surface area is 216 Å². The average Bonchev–Trinajstić information content (AvgIpc) is 3.16. The van der Waals surface area contributed by atoms with Crippen molar-refractivity contribution in [2.75, 3.05) is 19.0 Å². The van der Waals surface area contributed by atoms with E-state index in [0.717, 1.165) is 0 Å². The molecule has 38 heavy (non-hydrogen) atoms. The summed E-state index contributed by atoms with van der Waals surface area (Å²) in [6, 6.07) is 15.9. The average molecular weight is 519 g/mol. The van der Waals surface area contributed by atoms with Crippen LogP contribution in [0.2, 0.25) is 0 Å². The molecule has 1 aliphatic heterocycles. The van der Waals surface area contributed by atoms with E-state index in [9.17, 15) is 23.6 Å². The highest BCUT2D eigenvalue weighted by Crippen LogP contribution is 2.30. The van der Waals surface area contributed by atoms with Gasteiger partial charge in [0.1, 0.15) is 24.7 Å². The van der Waals surface area contributed by atoms with Gasteiger partial charge in [-0.3, -0.25) is 9.59 Å². The number of methoxy groups -OCH3 is 1. The lowest BCUT2D eigenvalue weighted by atomic mass is 10.1. The van der Waals surface area contributed by atoms with Crippen LogP contribution in [0.25, 0.3) is 6.08 Å². The van der Waals surface area contributed by atoms with E-state index in [4.69, 9.17) is 14.6 Å². The molecular formula is C27H22FN3O7. The van der Waals surface area contributed by atoms with Crippen molar-refractivity contribution >= 4 is 35.6 Å². The van der Waals surface area contributed by atoms with Crippen molar-refractivity contribution < 1.29 is 38.1 Å². The Kier molecular flexibility index (Phi) is 7.66. The van der Waals surface area contributed by atoms with Crippen LogP contribution in [0.5, 0.6) is 11.5 Å². The van der Waals surface area contributed by atoms with Crippen LogP contribution in [0.3, 0.4) is 0 Å². The van der Waals surface area contributed by atoms with E-state index in [-0.39, 0.29) is 23.6 Å². The summed E-state index contributed by atoms with van der Waals surface area (Å²) < 4.78 is 24.9. The minimum absolute atomic E-state index is 0.0603. The zero-order chi connectivity index (χ0) is 27.2. The summed E-state index contributed by atoms with van der Waals surface area (Å²) in [5.74, 6) is -2.43. The first-order valence-electron chi connectivity index (χ1n) is 11.3. The third kappa shape index (κ3) is 5.95. The van der Waals surface area contributed by atoms with Gasteiger partial charge in [0.25, 0.3) is 5.91 Å². The van der Waals surface area contributed by atoms with Gasteiger partial charge < -0.3 is 25.2 Å². The number of carbonyl (C=O) groups excluding carboxylic acids is 3. The highest BCUT2D eigenvalue weighted by atomic mass is 19.1. The van der Waals surface area contributed by atoms with Crippen LogP contribution < -0.4 is 20.1 Å². The molecule has 1 heterocycles. The topological polar surface area (TPSA) is 134 Å². The summed E-state index contributed by atoms with van der Waals surface area (Å²) in [6.07, 6.45) is 1.41. The number of ether oxygens (including phenoxy) is 2. The van der Waals surface area contributed by atoms with Crippen LogP contribution in [-0.4, -0.2) is 47.5 Å². The van der Waals surface area contributed by atoms with E-state index in [0.29, 0.717) is 27.5 Å². The van der Waals surface area contributed by atoms with Crippen molar-refractivity contribution in [1.82, 2.24) is 10.2 Å². The number of carboxylic acid groups (broad SMARTS) is 1. The SMILES string of the molecule is COc1cc(C=C2NC(=O)N(CC(=O)Nc3ccccc3F)C2=O)ccc1OCc1cccc(C(=O)O)c1. The van der Waals surface area contributed by atoms with E-state index < -0.39 is 36.2 Å². The molecule has 0 aliphatic carbocycles.